The first kappa shape index (κ1) is 25.0. The van der Waals surface area contributed by atoms with Crippen LogP contribution in [-0.2, 0) is 11.3 Å². The van der Waals surface area contributed by atoms with E-state index in [2.05, 4.69) is 39.0 Å². The van der Waals surface area contributed by atoms with Gasteiger partial charge in [0.15, 0.2) is 5.82 Å². The lowest BCUT2D eigenvalue weighted by Gasteiger charge is -2.36. The van der Waals surface area contributed by atoms with Crippen LogP contribution in [0.25, 0.3) is 16.5 Å². The summed E-state index contributed by atoms with van der Waals surface area (Å²) in [4.78, 5) is 8.57. The number of benzene rings is 1. The molecule has 5 rings (SSSR count). The van der Waals surface area contributed by atoms with Crippen molar-refractivity contribution < 1.29 is 22.7 Å². The van der Waals surface area contributed by atoms with Crippen LogP contribution in [0.4, 0.5) is 8.78 Å². The van der Waals surface area contributed by atoms with Crippen LogP contribution < -0.4 is 4.74 Å². The van der Waals surface area contributed by atoms with Gasteiger partial charge in [-0.2, -0.15) is 23.8 Å². The van der Waals surface area contributed by atoms with Crippen LogP contribution in [0.15, 0.2) is 57.9 Å². The van der Waals surface area contributed by atoms with Gasteiger partial charge in [0.05, 0.1) is 17.8 Å². The third kappa shape index (κ3) is 5.36. The fourth-order valence-corrected chi connectivity index (χ4v) is 8.10. The second-order valence-corrected chi connectivity index (χ2v) is 12.7. The average Bonchev–Trinajstić information content (AvgIpc) is 3.51. The van der Waals surface area contributed by atoms with E-state index in [0.29, 0.717) is 27.7 Å². The molecule has 36 heavy (non-hydrogen) atoms. The van der Waals surface area contributed by atoms with E-state index in [9.17, 15) is 8.78 Å². The quantitative estimate of drug-likeness (QED) is 0.287. The summed E-state index contributed by atoms with van der Waals surface area (Å²) in [5, 5.41) is 5.54. The third-order valence-corrected chi connectivity index (χ3v) is 10.3. The first-order valence-electron chi connectivity index (χ1n) is 11.8. The van der Waals surface area contributed by atoms with E-state index >= 15 is 0 Å². The highest BCUT2D eigenvalue weighted by atomic mass is 35.5. The molecule has 9 heteroatoms. The van der Waals surface area contributed by atoms with Crippen LogP contribution in [0, 0.1) is 17.7 Å². The minimum Gasteiger partial charge on any atom is -0.470 e. The van der Waals surface area contributed by atoms with Crippen LogP contribution in [0.5, 0.6) is 5.88 Å². The molecule has 0 bridgehead atoms. The zero-order chi connectivity index (χ0) is 25.1. The number of allylic oxidation sites excluding steroid dienone is 4. The summed E-state index contributed by atoms with van der Waals surface area (Å²) in [6, 6.07) is 3.76. The normalized spacial score (nSPS) is 19.6. The molecule has 1 atom stereocenters. The van der Waals surface area contributed by atoms with Crippen molar-refractivity contribution in [2.45, 2.75) is 25.9 Å². The predicted octanol–water partition coefficient (Wildman–Crippen LogP) is 7.41. The molecule has 3 heterocycles. The van der Waals surface area contributed by atoms with Crippen LogP contribution in [0.1, 0.15) is 30.7 Å². The molecule has 1 aliphatic heterocycles. The molecule has 0 radical (unpaired) electrons. The molecular weight excluding hydrogens is 506 g/mol. The Bertz CT molecular complexity index is 1340. The van der Waals surface area contributed by atoms with Gasteiger partial charge in [-0.1, -0.05) is 35.9 Å². The molecule has 2 aromatic heterocycles. The SMILES string of the molecule is COCCS1(CC2CC=C(c3ncc(F)c(OCc4ccc(Cl)c5cc(F)oc45)n3)CC2)C=CC=C1. The zero-order valence-corrected chi connectivity index (χ0v) is 21.5. The topological polar surface area (TPSA) is 57.4 Å². The Morgan fingerprint density at radius 2 is 2.06 bits per heavy atom. The van der Waals surface area contributed by atoms with Gasteiger partial charge in [0, 0.05) is 29.9 Å². The van der Waals surface area contributed by atoms with Gasteiger partial charge in [-0.05, 0) is 53.4 Å². The van der Waals surface area contributed by atoms with Crippen LogP contribution in [0.3, 0.4) is 0 Å². The van der Waals surface area contributed by atoms with Gasteiger partial charge in [-0.3, -0.25) is 0 Å². The number of hydrogen-bond acceptors (Lipinski definition) is 5. The number of hydrogen-bond donors (Lipinski definition) is 0. The maximum Gasteiger partial charge on any atom is 0.278 e. The predicted molar refractivity (Wildman–Crippen MR) is 140 cm³/mol. The Hall–Kier alpha value is -2.68. The summed E-state index contributed by atoms with van der Waals surface area (Å²) in [6.07, 6.45) is 10.4. The molecular formula is C27H27ClF2N2O3S. The van der Waals surface area contributed by atoms with Crippen molar-refractivity contribution in [1.82, 2.24) is 9.97 Å². The standard InChI is InChI=1S/C27H27ClF2N2O3S/c1-33-10-13-36(11-2-3-12-36)17-18-4-6-19(7-5-18)26-31-15-23(29)27(32-26)34-16-20-8-9-22(28)21-14-24(30)35-25(20)21/h2-3,6,8-9,11-12,14-15,18H,4-5,7,10,13,16-17H2,1H3. The van der Waals surface area contributed by atoms with Gasteiger partial charge in [0.2, 0.25) is 5.82 Å². The Balaban J connectivity index is 1.27. The minimum atomic E-state index is -0.924. The van der Waals surface area contributed by atoms with E-state index in [4.69, 9.17) is 25.5 Å². The van der Waals surface area contributed by atoms with E-state index in [0.717, 1.165) is 49.1 Å². The van der Waals surface area contributed by atoms with Crippen molar-refractivity contribution in [3.05, 3.63) is 81.7 Å². The second kappa shape index (κ2) is 10.7. The van der Waals surface area contributed by atoms with E-state index < -0.39 is 21.9 Å². The van der Waals surface area contributed by atoms with Crippen LogP contribution in [-0.4, -0.2) is 35.2 Å². The Morgan fingerprint density at radius 3 is 2.81 bits per heavy atom. The summed E-state index contributed by atoms with van der Waals surface area (Å²) in [6.45, 7) is 0.711. The first-order chi connectivity index (χ1) is 17.5. The number of ether oxygens (including phenoxy) is 2. The molecule has 0 fully saturated rings. The average molecular weight is 533 g/mol. The monoisotopic (exact) mass is 532 g/mol. The highest BCUT2D eigenvalue weighted by Gasteiger charge is 2.27. The summed E-state index contributed by atoms with van der Waals surface area (Å²) in [5.41, 5.74) is 1.81. The molecule has 0 spiro atoms. The number of nitrogens with zero attached hydrogens (tertiary/aromatic N) is 2. The molecule has 0 amide bonds. The van der Waals surface area contributed by atoms with Gasteiger partial charge in [0.1, 0.15) is 12.2 Å². The maximum atomic E-state index is 14.5. The van der Waals surface area contributed by atoms with Crippen molar-refractivity contribution in [2.24, 2.45) is 5.92 Å². The van der Waals surface area contributed by atoms with Crippen molar-refractivity contribution in [3.8, 4) is 5.88 Å². The Labute approximate surface area is 215 Å². The lowest BCUT2D eigenvalue weighted by molar-refractivity contribution is 0.218. The van der Waals surface area contributed by atoms with Gasteiger partial charge >= 0.3 is 0 Å². The molecule has 1 aliphatic carbocycles. The van der Waals surface area contributed by atoms with E-state index in [1.54, 1.807) is 19.2 Å². The molecule has 5 nitrogen and oxygen atoms in total. The number of methoxy groups -OCH3 is 1. The van der Waals surface area contributed by atoms with Gasteiger partial charge in [-0.15, -0.1) is 0 Å². The zero-order valence-electron chi connectivity index (χ0n) is 19.9. The van der Waals surface area contributed by atoms with Crippen LogP contribution >= 0.6 is 21.6 Å². The first-order valence-corrected chi connectivity index (χ1v) is 14.3. The summed E-state index contributed by atoms with van der Waals surface area (Å²) >= 11 is 6.11. The van der Waals surface area contributed by atoms with Gasteiger partial charge < -0.3 is 13.9 Å². The smallest absolute Gasteiger partial charge is 0.278 e. The van der Waals surface area contributed by atoms with E-state index in [1.165, 1.54) is 6.07 Å². The fourth-order valence-electron chi connectivity index (χ4n) is 4.68. The molecule has 2 aliphatic rings. The summed E-state index contributed by atoms with van der Waals surface area (Å²) < 4.78 is 44.2. The lowest BCUT2D eigenvalue weighted by Crippen LogP contribution is -2.17. The summed E-state index contributed by atoms with van der Waals surface area (Å²) in [5.74, 6) is 2.43. The summed E-state index contributed by atoms with van der Waals surface area (Å²) in [7, 11) is 0.825. The Kier molecular flexibility index (Phi) is 7.46. The Morgan fingerprint density at radius 1 is 1.22 bits per heavy atom. The van der Waals surface area contributed by atoms with Crippen molar-refractivity contribution in [3.63, 3.8) is 0 Å². The molecule has 0 saturated carbocycles. The molecule has 190 valence electrons. The largest absolute Gasteiger partial charge is 0.470 e. The second-order valence-electron chi connectivity index (χ2n) is 9.03. The fraction of sp³-hybridized carbons (Fsp3) is 0.333. The number of aromatic nitrogens is 2. The number of fused-ring (bicyclic) bond motifs is 1. The number of halogens is 3. The van der Waals surface area contributed by atoms with E-state index in [1.807, 2.05) is 0 Å². The van der Waals surface area contributed by atoms with Crippen molar-refractivity contribution >= 4 is 38.2 Å². The van der Waals surface area contributed by atoms with Crippen molar-refractivity contribution in [1.29, 1.82) is 0 Å². The van der Waals surface area contributed by atoms with Crippen molar-refractivity contribution in [2.75, 3.05) is 25.2 Å². The number of rotatable bonds is 9. The number of furan rings is 1. The highest BCUT2D eigenvalue weighted by Crippen LogP contribution is 2.56. The molecule has 1 unspecified atom stereocenters. The highest BCUT2D eigenvalue weighted by molar-refractivity contribution is 8.38. The van der Waals surface area contributed by atoms with Crippen LogP contribution in [0.2, 0.25) is 5.02 Å². The molecule has 0 N–H and O–H groups in total. The maximum absolute atomic E-state index is 14.5. The van der Waals surface area contributed by atoms with E-state index in [-0.39, 0.29) is 18.1 Å². The third-order valence-electron chi connectivity index (χ3n) is 6.59. The van der Waals surface area contributed by atoms with Gasteiger partial charge in [0.25, 0.3) is 11.9 Å². The molecule has 1 aromatic carbocycles. The molecule has 3 aromatic rings. The lowest BCUT2D eigenvalue weighted by atomic mass is 9.90. The minimum absolute atomic E-state index is 0.0531. The van der Waals surface area contributed by atoms with Gasteiger partial charge in [-0.25, -0.2) is 4.98 Å². The molecule has 0 saturated heterocycles.